The number of hydrogen-bond donors (Lipinski definition) is 2. The van der Waals surface area contributed by atoms with Gasteiger partial charge in [0.2, 0.25) is 17.6 Å². The number of hydrogen-bond acceptors (Lipinski definition) is 6. The van der Waals surface area contributed by atoms with Crippen LogP contribution in [-0.2, 0) is 11.3 Å². The monoisotopic (exact) mass is 302 g/mol. The highest BCUT2D eigenvalue weighted by molar-refractivity contribution is 5.80. The molecule has 1 aromatic heterocycles. The van der Waals surface area contributed by atoms with E-state index >= 15 is 0 Å². The zero-order valence-electron chi connectivity index (χ0n) is 12.3. The molecule has 1 aliphatic heterocycles. The first-order valence-corrected chi connectivity index (χ1v) is 7.14. The molecule has 0 aliphatic carbocycles. The molecule has 3 rings (SSSR count). The van der Waals surface area contributed by atoms with E-state index < -0.39 is 18.1 Å². The van der Waals surface area contributed by atoms with Crippen molar-refractivity contribution < 1.29 is 14.4 Å². The molecular weight excluding hydrogens is 284 g/mol. The molecule has 3 N–H and O–H groups in total. The van der Waals surface area contributed by atoms with Crippen molar-refractivity contribution in [2.75, 3.05) is 6.54 Å². The zero-order valence-corrected chi connectivity index (χ0v) is 12.3. The Morgan fingerprint density at radius 3 is 3.09 bits per heavy atom. The number of benzene rings is 1. The third kappa shape index (κ3) is 3.00. The molecule has 7 nitrogen and oxygen atoms in total. The first kappa shape index (κ1) is 14.7. The Labute approximate surface area is 127 Å². The van der Waals surface area contributed by atoms with Crippen LogP contribution in [0.25, 0.3) is 11.4 Å². The van der Waals surface area contributed by atoms with Crippen LogP contribution in [0.4, 0.5) is 0 Å². The number of aromatic nitrogens is 2. The number of aryl methyl sites for hydroxylation is 1. The summed E-state index contributed by atoms with van der Waals surface area (Å²) in [5, 5.41) is 13.7. The van der Waals surface area contributed by atoms with Crippen LogP contribution in [0.1, 0.15) is 17.9 Å². The van der Waals surface area contributed by atoms with Crippen LogP contribution in [0, 0.1) is 6.92 Å². The van der Waals surface area contributed by atoms with Crippen LogP contribution in [0.3, 0.4) is 0 Å². The van der Waals surface area contributed by atoms with E-state index in [1.165, 1.54) is 0 Å². The molecular formula is C15H18N4O3. The van der Waals surface area contributed by atoms with Crippen molar-refractivity contribution in [3.8, 4) is 11.4 Å². The number of carbonyl (C=O) groups excluding carboxylic acids is 1. The fraction of sp³-hybridized carbons (Fsp3) is 0.400. The van der Waals surface area contributed by atoms with Gasteiger partial charge in [0, 0.05) is 12.1 Å². The molecule has 1 aliphatic rings. The number of nitrogens with zero attached hydrogens (tertiary/aromatic N) is 3. The summed E-state index contributed by atoms with van der Waals surface area (Å²) in [5.41, 5.74) is 7.35. The van der Waals surface area contributed by atoms with Gasteiger partial charge in [0.05, 0.1) is 18.7 Å². The summed E-state index contributed by atoms with van der Waals surface area (Å²) in [4.78, 5) is 17.5. The molecule has 2 heterocycles. The fourth-order valence-electron chi connectivity index (χ4n) is 2.74. The Kier molecular flexibility index (Phi) is 3.91. The highest BCUT2D eigenvalue weighted by Gasteiger charge is 2.35. The molecule has 7 heteroatoms. The number of rotatable bonds is 4. The van der Waals surface area contributed by atoms with Gasteiger partial charge >= 0.3 is 0 Å². The fourth-order valence-corrected chi connectivity index (χ4v) is 2.74. The van der Waals surface area contributed by atoms with E-state index in [1.54, 1.807) is 4.90 Å². The standard InChI is InChI=1S/C15H18N4O3/c1-9-3-2-4-10(5-9)15-17-13(22-18-15)8-19-7-11(20)6-12(19)14(16)21/h2-5,11-12,20H,6-8H2,1H3,(H2,16,21)/t11-,12+/m1/s1. The molecule has 1 aromatic carbocycles. The second-order valence-electron chi connectivity index (χ2n) is 5.62. The third-order valence-corrected chi connectivity index (χ3v) is 3.79. The van der Waals surface area contributed by atoms with Crippen LogP contribution < -0.4 is 5.73 Å². The van der Waals surface area contributed by atoms with E-state index in [9.17, 15) is 9.90 Å². The Morgan fingerprint density at radius 1 is 1.55 bits per heavy atom. The van der Waals surface area contributed by atoms with E-state index in [0.29, 0.717) is 31.2 Å². The minimum Gasteiger partial charge on any atom is -0.392 e. The lowest BCUT2D eigenvalue weighted by Gasteiger charge is -2.18. The van der Waals surface area contributed by atoms with Crippen molar-refractivity contribution in [2.45, 2.75) is 32.0 Å². The SMILES string of the molecule is Cc1cccc(-c2noc(CN3C[C@H](O)C[C@H]3C(N)=O)n2)c1. The van der Waals surface area contributed by atoms with Gasteiger partial charge in [-0.2, -0.15) is 4.98 Å². The highest BCUT2D eigenvalue weighted by atomic mass is 16.5. The quantitative estimate of drug-likeness (QED) is 0.850. The topological polar surface area (TPSA) is 105 Å². The lowest BCUT2D eigenvalue weighted by molar-refractivity contribution is -0.122. The number of likely N-dealkylation sites (tertiary alicyclic amines) is 1. The van der Waals surface area contributed by atoms with Gasteiger partial charge in [-0.3, -0.25) is 9.69 Å². The summed E-state index contributed by atoms with van der Waals surface area (Å²) in [6.45, 7) is 2.66. The molecule has 22 heavy (non-hydrogen) atoms. The van der Waals surface area contributed by atoms with Gasteiger partial charge in [0.25, 0.3) is 0 Å². The van der Waals surface area contributed by atoms with Gasteiger partial charge in [0.1, 0.15) is 0 Å². The first-order valence-electron chi connectivity index (χ1n) is 7.14. The van der Waals surface area contributed by atoms with Gasteiger partial charge in [0.15, 0.2) is 0 Å². The third-order valence-electron chi connectivity index (χ3n) is 3.79. The van der Waals surface area contributed by atoms with Gasteiger partial charge < -0.3 is 15.4 Å². The van der Waals surface area contributed by atoms with Crippen molar-refractivity contribution in [3.05, 3.63) is 35.7 Å². The predicted octanol–water partition coefficient (Wildman–Crippen LogP) is 0.466. The molecule has 0 unspecified atom stereocenters. The van der Waals surface area contributed by atoms with Gasteiger partial charge in [-0.15, -0.1) is 0 Å². The van der Waals surface area contributed by atoms with E-state index in [0.717, 1.165) is 11.1 Å². The second-order valence-corrected chi connectivity index (χ2v) is 5.62. The lowest BCUT2D eigenvalue weighted by Crippen LogP contribution is -2.39. The maximum absolute atomic E-state index is 11.4. The van der Waals surface area contributed by atoms with Crippen LogP contribution >= 0.6 is 0 Å². The van der Waals surface area contributed by atoms with Crippen molar-refractivity contribution in [2.24, 2.45) is 5.73 Å². The maximum atomic E-state index is 11.4. The molecule has 2 aromatic rings. The van der Waals surface area contributed by atoms with E-state index in [2.05, 4.69) is 10.1 Å². The average molecular weight is 302 g/mol. The van der Waals surface area contributed by atoms with Crippen LogP contribution in [-0.4, -0.2) is 44.7 Å². The lowest BCUT2D eigenvalue weighted by atomic mass is 10.1. The molecule has 0 bridgehead atoms. The number of primary amides is 1. The average Bonchev–Trinajstić information content (AvgIpc) is 3.06. The number of β-amino-alcohol motifs (C(OH)–C–C–N with tert-alkyl or cyclic N) is 1. The number of aliphatic hydroxyl groups excluding tert-OH is 1. The molecule has 116 valence electrons. The Balaban J connectivity index is 1.76. The highest BCUT2D eigenvalue weighted by Crippen LogP contribution is 2.22. The molecule has 0 saturated carbocycles. The van der Waals surface area contributed by atoms with Gasteiger partial charge in [-0.05, 0) is 19.4 Å². The number of amides is 1. The van der Waals surface area contributed by atoms with E-state index in [4.69, 9.17) is 10.3 Å². The summed E-state index contributed by atoms with van der Waals surface area (Å²) in [5.74, 6) is 0.459. The van der Waals surface area contributed by atoms with Crippen molar-refractivity contribution in [3.63, 3.8) is 0 Å². The van der Waals surface area contributed by atoms with Crippen LogP contribution in [0.2, 0.25) is 0 Å². The first-order chi connectivity index (χ1) is 10.5. The minimum absolute atomic E-state index is 0.295. The molecule has 0 spiro atoms. The van der Waals surface area contributed by atoms with E-state index in [-0.39, 0.29) is 0 Å². The normalized spacial score (nSPS) is 22.1. The number of nitrogens with two attached hydrogens (primary N) is 1. The molecule has 2 atom stereocenters. The van der Waals surface area contributed by atoms with Crippen LogP contribution in [0.5, 0.6) is 0 Å². The van der Waals surface area contributed by atoms with Crippen molar-refractivity contribution >= 4 is 5.91 Å². The van der Waals surface area contributed by atoms with Crippen molar-refractivity contribution in [1.82, 2.24) is 15.0 Å². The summed E-state index contributed by atoms with van der Waals surface area (Å²) >= 11 is 0. The Morgan fingerprint density at radius 2 is 2.36 bits per heavy atom. The van der Waals surface area contributed by atoms with E-state index in [1.807, 2.05) is 31.2 Å². The molecule has 1 fully saturated rings. The largest absolute Gasteiger partial charge is 0.392 e. The molecule has 1 amide bonds. The van der Waals surface area contributed by atoms with Crippen molar-refractivity contribution in [1.29, 1.82) is 0 Å². The Bertz CT molecular complexity index is 685. The van der Waals surface area contributed by atoms with Gasteiger partial charge in [-0.25, -0.2) is 0 Å². The summed E-state index contributed by atoms with van der Waals surface area (Å²) in [6, 6.07) is 7.31. The molecule has 0 radical (unpaired) electrons. The number of carbonyl (C=O) groups is 1. The maximum Gasteiger partial charge on any atom is 0.241 e. The van der Waals surface area contributed by atoms with Crippen LogP contribution in [0.15, 0.2) is 28.8 Å². The summed E-state index contributed by atoms with van der Waals surface area (Å²) in [6.07, 6.45) is -0.217. The Hall–Kier alpha value is -2.25. The minimum atomic E-state index is -0.559. The smallest absolute Gasteiger partial charge is 0.241 e. The molecule has 1 saturated heterocycles. The number of aliphatic hydroxyl groups is 1. The predicted molar refractivity (Wildman–Crippen MR) is 78.5 cm³/mol. The second kappa shape index (κ2) is 5.86. The summed E-state index contributed by atoms with van der Waals surface area (Å²) < 4.78 is 5.25. The van der Waals surface area contributed by atoms with Gasteiger partial charge in [-0.1, -0.05) is 28.9 Å². The summed E-state index contributed by atoms with van der Waals surface area (Å²) in [7, 11) is 0. The zero-order chi connectivity index (χ0) is 15.7.